The number of rotatable bonds is 2. The van der Waals surface area contributed by atoms with Gasteiger partial charge in [-0.3, -0.25) is 0 Å². The molecule has 140 valence electrons. The van der Waals surface area contributed by atoms with E-state index in [1.54, 1.807) is 0 Å². The third-order valence-corrected chi connectivity index (χ3v) is 5.79. The molecule has 3 nitrogen and oxygen atoms in total. The van der Waals surface area contributed by atoms with E-state index in [0.29, 0.717) is 15.1 Å². The van der Waals surface area contributed by atoms with Crippen molar-refractivity contribution in [2.24, 2.45) is 5.10 Å². The molecule has 0 radical (unpaired) electrons. The summed E-state index contributed by atoms with van der Waals surface area (Å²) in [6.45, 7) is 0. The van der Waals surface area contributed by atoms with Gasteiger partial charge >= 0.3 is 0 Å². The van der Waals surface area contributed by atoms with Crippen molar-refractivity contribution in [3.63, 3.8) is 0 Å². The Hall–Kier alpha value is -2.20. The highest BCUT2D eigenvalue weighted by Crippen LogP contribution is 2.48. The zero-order valence-electron chi connectivity index (χ0n) is 14.6. The van der Waals surface area contributed by atoms with Gasteiger partial charge in [-0.05, 0) is 48.0 Å². The first-order valence-corrected chi connectivity index (χ1v) is 10.1. The predicted molar refractivity (Wildman–Crippen MR) is 113 cm³/mol. The highest BCUT2D eigenvalue weighted by molar-refractivity contribution is 6.31. The molecule has 2 heterocycles. The highest BCUT2D eigenvalue weighted by atomic mass is 35.5. The fourth-order valence-electron chi connectivity index (χ4n) is 3.76. The minimum atomic E-state index is -0.359. The van der Waals surface area contributed by atoms with Crippen molar-refractivity contribution in [1.29, 1.82) is 0 Å². The molecule has 0 saturated carbocycles. The van der Waals surface area contributed by atoms with Crippen LogP contribution in [0.2, 0.25) is 15.1 Å². The maximum absolute atomic E-state index is 6.33. The van der Waals surface area contributed by atoms with Gasteiger partial charge in [-0.1, -0.05) is 59.1 Å². The summed E-state index contributed by atoms with van der Waals surface area (Å²) in [7, 11) is 0. The van der Waals surface area contributed by atoms with Gasteiger partial charge < -0.3 is 4.74 Å². The lowest BCUT2D eigenvalue weighted by molar-refractivity contribution is -0.0190. The molecule has 0 spiro atoms. The van der Waals surface area contributed by atoms with E-state index in [1.165, 1.54) is 0 Å². The number of fused-ring (bicyclic) bond motifs is 3. The Morgan fingerprint density at radius 3 is 2.39 bits per heavy atom. The first-order chi connectivity index (χ1) is 13.6. The lowest BCUT2D eigenvalue weighted by atomic mass is 9.96. The molecule has 2 atom stereocenters. The van der Waals surface area contributed by atoms with E-state index < -0.39 is 0 Å². The number of halogens is 3. The lowest BCUT2D eigenvalue weighted by Crippen LogP contribution is -2.33. The summed E-state index contributed by atoms with van der Waals surface area (Å²) in [5.41, 5.74) is 4.04. The van der Waals surface area contributed by atoms with Gasteiger partial charge in [0.2, 0.25) is 6.23 Å². The minimum Gasteiger partial charge on any atom is -0.464 e. The number of hydrazone groups is 1. The van der Waals surface area contributed by atoms with E-state index >= 15 is 0 Å². The van der Waals surface area contributed by atoms with Crippen LogP contribution < -0.4 is 4.74 Å². The molecular formula is C22H15Cl3N2O. The van der Waals surface area contributed by atoms with Crippen LogP contribution in [-0.2, 0) is 0 Å². The quantitative estimate of drug-likeness (QED) is 0.443. The molecular weight excluding hydrogens is 415 g/mol. The van der Waals surface area contributed by atoms with Gasteiger partial charge in [-0.2, -0.15) is 5.10 Å². The highest BCUT2D eigenvalue weighted by Gasteiger charge is 2.41. The van der Waals surface area contributed by atoms with Gasteiger partial charge in [0, 0.05) is 32.6 Å². The molecule has 0 amide bonds. The SMILES string of the molecule is Clc1ccc(C2=NN3C(C2)c2cc(Cl)ccc2OC3c2cccc(Cl)c2)cc1. The molecule has 0 N–H and O–H groups in total. The number of benzene rings is 3. The number of nitrogens with zero attached hydrogens (tertiary/aromatic N) is 2. The summed E-state index contributed by atoms with van der Waals surface area (Å²) in [5, 5.41) is 8.99. The van der Waals surface area contributed by atoms with E-state index in [0.717, 1.165) is 34.6 Å². The Morgan fingerprint density at radius 2 is 1.61 bits per heavy atom. The molecule has 0 aromatic heterocycles. The Bertz CT molecular complexity index is 1080. The van der Waals surface area contributed by atoms with E-state index in [2.05, 4.69) is 0 Å². The lowest BCUT2D eigenvalue weighted by Gasteiger charge is -2.38. The van der Waals surface area contributed by atoms with Crippen LogP contribution in [0, 0.1) is 0 Å². The maximum Gasteiger partial charge on any atom is 0.213 e. The van der Waals surface area contributed by atoms with Crippen molar-refractivity contribution in [1.82, 2.24) is 5.01 Å². The molecule has 0 fully saturated rings. The Morgan fingerprint density at radius 1 is 0.857 bits per heavy atom. The fraction of sp³-hybridized carbons (Fsp3) is 0.136. The fourth-order valence-corrected chi connectivity index (χ4v) is 4.26. The average Bonchev–Trinajstić information content (AvgIpc) is 3.14. The van der Waals surface area contributed by atoms with Crippen molar-refractivity contribution < 1.29 is 4.74 Å². The van der Waals surface area contributed by atoms with Gasteiger partial charge in [0.25, 0.3) is 0 Å². The van der Waals surface area contributed by atoms with Crippen LogP contribution in [-0.4, -0.2) is 10.7 Å². The normalized spacial score (nSPS) is 20.2. The van der Waals surface area contributed by atoms with Crippen LogP contribution in [0.4, 0.5) is 0 Å². The standard InChI is InChI=1S/C22H15Cl3N2O/c23-15-6-4-13(5-7-15)19-12-20-18-11-17(25)8-9-21(18)28-22(27(20)26-19)14-2-1-3-16(24)10-14/h1-11,20,22H,12H2. The molecule has 28 heavy (non-hydrogen) atoms. The Labute approximate surface area is 178 Å². The van der Waals surface area contributed by atoms with Crippen molar-refractivity contribution in [2.75, 3.05) is 0 Å². The van der Waals surface area contributed by atoms with E-state index in [1.807, 2.05) is 71.7 Å². The number of hydrogen-bond donors (Lipinski definition) is 0. The predicted octanol–water partition coefficient (Wildman–Crippen LogP) is 6.89. The molecule has 0 aliphatic carbocycles. The van der Waals surface area contributed by atoms with E-state index in [-0.39, 0.29) is 12.3 Å². The summed E-state index contributed by atoms with van der Waals surface area (Å²) < 4.78 is 6.33. The van der Waals surface area contributed by atoms with Gasteiger partial charge in [0.15, 0.2) is 0 Å². The van der Waals surface area contributed by atoms with Gasteiger partial charge in [-0.25, -0.2) is 5.01 Å². The summed E-state index contributed by atoms with van der Waals surface area (Å²) in [6.07, 6.45) is 0.400. The monoisotopic (exact) mass is 428 g/mol. The second kappa shape index (κ2) is 7.00. The molecule has 0 saturated heterocycles. The molecule has 2 aliphatic heterocycles. The van der Waals surface area contributed by atoms with E-state index in [9.17, 15) is 0 Å². The number of ether oxygens (including phenoxy) is 1. The van der Waals surface area contributed by atoms with E-state index in [4.69, 9.17) is 44.6 Å². The molecule has 3 aromatic carbocycles. The largest absolute Gasteiger partial charge is 0.464 e. The molecule has 2 unspecified atom stereocenters. The van der Waals surface area contributed by atoms with Crippen LogP contribution in [0.1, 0.15) is 35.4 Å². The second-order valence-electron chi connectivity index (χ2n) is 6.86. The first kappa shape index (κ1) is 17.9. The second-order valence-corrected chi connectivity index (χ2v) is 8.17. The average molecular weight is 430 g/mol. The van der Waals surface area contributed by atoms with Gasteiger partial charge in [-0.15, -0.1) is 0 Å². The van der Waals surface area contributed by atoms with Crippen LogP contribution in [0.25, 0.3) is 0 Å². The molecule has 2 aliphatic rings. The van der Waals surface area contributed by atoms with Gasteiger partial charge in [0.1, 0.15) is 5.75 Å². The smallest absolute Gasteiger partial charge is 0.213 e. The maximum atomic E-state index is 6.33. The molecule has 0 bridgehead atoms. The molecule has 6 heteroatoms. The Kier molecular flexibility index (Phi) is 4.47. The summed E-state index contributed by atoms with van der Waals surface area (Å²) in [5.74, 6) is 0.822. The molecule has 5 rings (SSSR count). The molecule has 3 aromatic rings. The zero-order chi connectivity index (χ0) is 19.3. The van der Waals surface area contributed by atoms with Crippen LogP contribution in [0.15, 0.2) is 71.8 Å². The Balaban J connectivity index is 1.61. The summed E-state index contributed by atoms with van der Waals surface area (Å²) in [4.78, 5) is 0. The summed E-state index contributed by atoms with van der Waals surface area (Å²) >= 11 is 18.5. The van der Waals surface area contributed by atoms with Gasteiger partial charge in [0.05, 0.1) is 11.8 Å². The topological polar surface area (TPSA) is 24.8 Å². The van der Waals surface area contributed by atoms with Crippen molar-refractivity contribution in [3.05, 3.63) is 98.5 Å². The number of hydrogen-bond acceptors (Lipinski definition) is 3. The van der Waals surface area contributed by atoms with Crippen molar-refractivity contribution in [2.45, 2.75) is 18.7 Å². The third-order valence-electron chi connectivity index (χ3n) is 5.06. The van der Waals surface area contributed by atoms with Crippen molar-refractivity contribution in [3.8, 4) is 5.75 Å². The zero-order valence-corrected chi connectivity index (χ0v) is 16.9. The van der Waals surface area contributed by atoms with Crippen LogP contribution >= 0.6 is 34.8 Å². The van der Waals surface area contributed by atoms with Crippen LogP contribution in [0.3, 0.4) is 0 Å². The van der Waals surface area contributed by atoms with Crippen LogP contribution in [0.5, 0.6) is 5.75 Å². The van der Waals surface area contributed by atoms with Crippen molar-refractivity contribution >= 4 is 40.5 Å². The minimum absolute atomic E-state index is 0.0390. The third kappa shape index (κ3) is 3.14. The first-order valence-electron chi connectivity index (χ1n) is 8.92. The summed E-state index contributed by atoms with van der Waals surface area (Å²) in [6, 6.07) is 21.2.